The van der Waals surface area contributed by atoms with E-state index in [0.29, 0.717) is 47.0 Å². The number of rotatable bonds is 9. The van der Waals surface area contributed by atoms with E-state index in [2.05, 4.69) is 10.2 Å². The molecule has 0 spiro atoms. The quantitative estimate of drug-likeness (QED) is 0.323. The van der Waals surface area contributed by atoms with Crippen LogP contribution in [0.5, 0.6) is 11.5 Å². The van der Waals surface area contributed by atoms with E-state index >= 15 is 0 Å². The highest BCUT2D eigenvalue weighted by Crippen LogP contribution is 2.28. The molecule has 2 aromatic carbocycles. The zero-order chi connectivity index (χ0) is 18.2. The molecule has 26 heavy (non-hydrogen) atoms. The van der Waals surface area contributed by atoms with Gasteiger partial charge in [-0.05, 0) is 23.8 Å². The first kappa shape index (κ1) is 18.0. The lowest BCUT2D eigenvalue weighted by molar-refractivity contribution is 0.112. The van der Waals surface area contributed by atoms with E-state index in [9.17, 15) is 4.79 Å². The molecule has 0 saturated heterocycles. The number of methoxy groups -OCH3 is 1. The summed E-state index contributed by atoms with van der Waals surface area (Å²) in [6, 6.07) is 15.0. The van der Waals surface area contributed by atoms with Gasteiger partial charge in [-0.2, -0.15) is 0 Å². The third-order valence-corrected chi connectivity index (χ3v) is 4.32. The Morgan fingerprint density at radius 2 is 1.96 bits per heavy atom. The lowest BCUT2D eigenvalue weighted by Gasteiger charge is -2.10. The minimum Gasteiger partial charge on any atom is -0.493 e. The second kappa shape index (κ2) is 9.05. The van der Waals surface area contributed by atoms with Gasteiger partial charge in [-0.1, -0.05) is 42.1 Å². The fraction of sp³-hybridized carbons (Fsp3) is 0.211. The van der Waals surface area contributed by atoms with Crippen molar-refractivity contribution in [1.82, 2.24) is 10.2 Å². The second-order valence-corrected chi connectivity index (χ2v) is 6.40. The van der Waals surface area contributed by atoms with Crippen LogP contribution >= 0.6 is 11.8 Å². The van der Waals surface area contributed by atoms with Gasteiger partial charge in [0.15, 0.2) is 11.5 Å². The molecule has 0 unspecified atom stereocenters. The summed E-state index contributed by atoms with van der Waals surface area (Å²) in [5.41, 5.74) is 1.67. The third kappa shape index (κ3) is 4.86. The number of carbonyl (C=O) groups excluding carboxylic acids is 1. The van der Waals surface area contributed by atoms with Crippen LogP contribution in [0.25, 0.3) is 0 Å². The number of ether oxygens (including phenoxy) is 2. The molecule has 0 aliphatic heterocycles. The fourth-order valence-corrected chi connectivity index (χ4v) is 2.89. The summed E-state index contributed by atoms with van der Waals surface area (Å²) in [5.74, 6) is 2.35. The lowest BCUT2D eigenvalue weighted by Crippen LogP contribution is -2.02. The molecule has 0 aliphatic carbocycles. The van der Waals surface area contributed by atoms with Gasteiger partial charge in [0, 0.05) is 11.3 Å². The van der Waals surface area contributed by atoms with Crippen LogP contribution in [0.4, 0.5) is 0 Å². The highest BCUT2D eigenvalue weighted by Gasteiger charge is 2.09. The predicted octanol–water partition coefficient (Wildman–Crippen LogP) is 3.65. The molecular weight excluding hydrogens is 352 g/mol. The maximum absolute atomic E-state index is 10.8. The standard InChI is InChI=1S/C19H18N2O4S/c1-23-17-11-15(13-22)7-8-16(17)24-9-10-26-19-21-20-18(25-19)12-14-5-3-2-4-6-14/h2-8,11,13H,9-10,12H2,1H3. The molecule has 6 nitrogen and oxygen atoms in total. The Hall–Kier alpha value is -2.80. The number of aldehydes is 1. The summed E-state index contributed by atoms with van der Waals surface area (Å²) in [4.78, 5) is 10.8. The molecule has 0 fully saturated rings. The van der Waals surface area contributed by atoms with E-state index in [4.69, 9.17) is 13.9 Å². The van der Waals surface area contributed by atoms with E-state index < -0.39 is 0 Å². The molecule has 0 saturated carbocycles. The molecule has 0 N–H and O–H groups in total. The number of benzene rings is 2. The molecule has 1 aromatic heterocycles. The van der Waals surface area contributed by atoms with Gasteiger partial charge in [0.2, 0.25) is 5.89 Å². The van der Waals surface area contributed by atoms with E-state index in [1.807, 2.05) is 30.3 Å². The van der Waals surface area contributed by atoms with Crippen LogP contribution in [0.1, 0.15) is 21.8 Å². The maximum atomic E-state index is 10.8. The Balaban J connectivity index is 1.48. The Bertz CT molecular complexity index is 852. The Morgan fingerprint density at radius 3 is 2.73 bits per heavy atom. The van der Waals surface area contributed by atoms with Crippen LogP contribution in [0, 0.1) is 0 Å². The molecule has 7 heteroatoms. The van der Waals surface area contributed by atoms with Crippen LogP contribution in [0.3, 0.4) is 0 Å². The van der Waals surface area contributed by atoms with Crippen LogP contribution in [0.2, 0.25) is 0 Å². The summed E-state index contributed by atoms with van der Waals surface area (Å²) >= 11 is 1.43. The molecule has 1 heterocycles. The first-order valence-electron chi connectivity index (χ1n) is 8.03. The largest absolute Gasteiger partial charge is 0.493 e. The number of nitrogens with zero attached hydrogens (tertiary/aromatic N) is 2. The average molecular weight is 370 g/mol. The van der Waals surface area contributed by atoms with E-state index in [-0.39, 0.29) is 0 Å². The van der Waals surface area contributed by atoms with Gasteiger partial charge in [-0.3, -0.25) is 4.79 Å². The summed E-state index contributed by atoms with van der Waals surface area (Å²) in [6.07, 6.45) is 1.38. The third-order valence-electron chi connectivity index (χ3n) is 3.54. The van der Waals surface area contributed by atoms with Gasteiger partial charge in [-0.15, -0.1) is 10.2 Å². The molecule has 0 amide bonds. The SMILES string of the molecule is COc1cc(C=O)ccc1OCCSc1nnc(Cc2ccccc2)o1. The zero-order valence-corrected chi connectivity index (χ0v) is 15.1. The van der Waals surface area contributed by atoms with Crippen LogP contribution in [-0.2, 0) is 6.42 Å². The number of hydrogen-bond acceptors (Lipinski definition) is 7. The van der Waals surface area contributed by atoms with Crippen molar-refractivity contribution in [1.29, 1.82) is 0 Å². The van der Waals surface area contributed by atoms with Gasteiger partial charge in [0.25, 0.3) is 5.22 Å². The number of aromatic nitrogens is 2. The van der Waals surface area contributed by atoms with Gasteiger partial charge >= 0.3 is 0 Å². The van der Waals surface area contributed by atoms with E-state index in [1.165, 1.54) is 18.9 Å². The molecular formula is C19H18N2O4S. The minimum absolute atomic E-state index is 0.442. The fourth-order valence-electron chi connectivity index (χ4n) is 2.30. The minimum atomic E-state index is 0.442. The van der Waals surface area contributed by atoms with Crippen molar-refractivity contribution >= 4 is 18.0 Å². The predicted molar refractivity (Wildman–Crippen MR) is 98.1 cm³/mol. The van der Waals surface area contributed by atoms with Crippen molar-refractivity contribution in [3.05, 3.63) is 65.5 Å². The highest BCUT2D eigenvalue weighted by atomic mass is 32.2. The van der Waals surface area contributed by atoms with Crippen LogP contribution in [-0.4, -0.2) is 36.0 Å². The molecule has 0 atom stereocenters. The maximum Gasteiger partial charge on any atom is 0.276 e. The van der Waals surface area contributed by atoms with Crippen molar-refractivity contribution in [2.45, 2.75) is 11.6 Å². The average Bonchev–Trinajstić information content (AvgIpc) is 3.13. The summed E-state index contributed by atoms with van der Waals surface area (Å²) < 4.78 is 16.6. The summed E-state index contributed by atoms with van der Waals surface area (Å²) in [6.45, 7) is 0.442. The smallest absolute Gasteiger partial charge is 0.276 e. The van der Waals surface area contributed by atoms with Crippen molar-refractivity contribution in [3.8, 4) is 11.5 Å². The van der Waals surface area contributed by atoms with Gasteiger partial charge in [0.05, 0.1) is 20.1 Å². The van der Waals surface area contributed by atoms with Gasteiger partial charge in [-0.25, -0.2) is 0 Å². The first-order chi connectivity index (χ1) is 12.8. The van der Waals surface area contributed by atoms with Crippen molar-refractivity contribution in [2.75, 3.05) is 19.5 Å². The highest BCUT2D eigenvalue weighted by molar-refractivity contribution is 7.99. The Kier molecular flexibility index (Phi) is 6.27. The summed E-state index contributed by atoms with van der Waals surface area (Å²) in [7, 11) is 1.54. The molecule has 0 aliphatic rings. The number of hydrogen-bond donors (Lipinski definition) is 0. The second-order valence-electron chi connectivity index (χ2n) is 5.35. The van der Waals surface area contributed by atoms with E-state index in [1.54, 1.807) is 18.2 Å². The van der Waals surface area contributed by atoms with Crippen LogP contribution in [0.15, 0.2) is 58.2 Å². The summed E-state index contributed by atoms with van der Waals surface area (Å²) in [5, 5.41) is 8.62. The molecule has 134 valence electrons. The number of thioether (sulfide) groups is 1. The van der Waals surface area contributed by atoms with Crippen molar-refractivity contribution in [2.24, 2.45) is 0 Å². The van der Waals surface area contributed by atoms with Crippen molar-refractivity contribution in [3.63, 3.8) is 0 Å². The normalized spacial score (nSPS) is 10.5. The van der Waals surface area contributed by atoms with E-state index in [0.717, 1.165) is 11.8 Å². The van der Waals surface area contributed by atoms with Crippen LogP contribution < -0.4 is 9.47 Å². The lowest BCUT2D eigenvalue weighted by atomic mass is 10.2. The molecule has 3 rings (SSSR count). The monoisotopic (exact) mass is 370 g/mol. The zero-order valence-electron chi connectivity index (χ0n) is 14.3. The van der Waals surface area contributed by atoms with Gasteiger partial charge in [0.1, 0.15) is 6.29 Å². The first-order valence-corrected chi connectivity index (χ1v) is 9.02. The van der Waals surface area contributed by atoms with Crippen molar-refractivity contribution < 1.29 is 18.7 Å². The number of carbonyl (C=O) groups is 1. The molecule has 0 radical (unpaired) electrons. The Morgan fingerprint density at radius 1 is 1.12 bits per heavy atom. The molecule has 0 bridgehead atoms. The topological polar surface area (TPSA) is 74.5 Å². The van der Waals surface area contributed by atoms with Gasteiger partial charge < -0.3 is 13.9 Å². The Labute approximate surface area is 155 Å². The molecule has 3 aromatic rings.